The van der Waals surface area contributed by atoms with Gasteiger partial charge in [0.05, 0.1) is 12.7 Å². The van der Waals surface area contributed by atoms with Crippen LogP contribution in [0, 0.1) is 25.2 Å². The van der Waals surface area contributed by atoms with Crippen LogP contribution < -0.4 is 10.3 Å². The predicted octanol–water partition coefficient (Wildman–Crippen LogP) is 3.03. The van der Waals surface area contributed by atoms with Crippen molar-refractivity contribution in [2.24, 2.45) is 11.3 Å². The van der Waals surface area contributed by atoms with Gasteiger partial charge in [-0.15, -0.1) is 0 Å². The average molecular weight is 449 g/mol. The van der Waals surface area contributed by atoms with Crippen molar-refractivity contribution in [3.63, 3.8) is 0 Å². The first-order valence-electron chi connectivity index (χ1n) is 11.4. The van der Waals surface area contributed by atoms with Crippen LogP contribution in [-0.4, -0.2) is 50.7 Å². The first-order chi connectivity index (χ1) is 15.7. The van der Waals surface area contributed by atoms with Gasteiger partial charge in [-0.1, -0.05) is 12.1 Å². The van der Waals surface area contributed by atoms with E-state index in [4.69, 9.17) is 9.47 Å². The van der Waals surface area contributed by atoms with E-state index < -0.39 is 0 Å². The van der Waals surface area contributed by atoms with Gasteiger partial charge in [0.25, 0.3) is 11.5 Å². The van der Waals surface area contributed by atoms with Gasteiger partial charge in [0.15, 0.2) is 5.65 Å². The molecule has 2 saturated heterocycles. The highest BCUT2D eigenvalue weighted by Gasteiger charge is 2.56. The van der Waals surface area contributed by atoms with Crippen molar-refractivity contribution >= 4 is 11.6 Å². The molecule has 0 bridgehead atoms. The predicted molar refractivity (Wildman–Crippen MR) is 122 cm³/mol. The SMILES string of the molecule is Cc1ccc2c(c1)OC(C)(C)[C@H]1CC3(CO[C@H]21)CN(C(=O)c1c[nH]n2c(=O)cc(C)nc12)C3. The molecule has 6 rings (SSSR count). The highest BCUT2D eigenvalue weighted by Crippen LogP contribution is 2.55. The molecule has 2 atom stereocenters. The van der Waals surface area contributed by atoms with E-state index in [2.05, 4.69) is 49.1 Å². The number of nitrogens with one attached hydrogen (secondary N) is 1. The molecular weight excluding hydrogens is 420 g/mol. The number of aryl methyl sites for hydroxylation is 2. The Labute approximate surface area is 191 Å². The van der Waals surface area contributed by atoms with E-state index in [9.17, 15) is 9.59 Å². The maximum atomic E-state index is 13.2. The van der Waals surface area contributed by atoms with Crippen molar-refractivity contribution in [1.29, 1.82) is 0 Å². The number of aromatic nitrogens is 3. The summed E-state index contributed by atoms with van der Waals surface area (Å²) in [6.07, 6.45) is 2.51. The monoisotopic (exact) mass is 448 g/mol. The van der Waals surface area contributed by atoms with Crippen LogP contribution in [0.4, 0.5) is 0 Å². The van der Waals surface area contributed by atoms with E-state index >= 15 is 0 Å². The Morgan fingerprint density at radius 1 is 1.21 bits per heavy atom. The van der Waals surface area contributed by atoms with Crippen LogP contribution in [0.3, 0.4) is 0 Å². The average Bonchev–Trinajstić information content (AvgIpc) is 3.15. The Morgan fingerprint density at radius 2 is 2.00 bits per heavy atom. The van der Waals surface area contributed by atoms with Gasteiger partial charge >= 0.3 is 0 Å². The van der Waals surface area contributed by atoms with Crippen molar-refractivity contribution in [3.8, 4) is 5.75 Å². The van der Waals surface area contributed by atoms with Gasteiger partial charge in [-0.2, -0.15) is 0 Å². The number of nitrogens with zero attached hydrogens (tertiary/aromatic N) is 3. The summed E-state index contributed by atoms with van der Waals surface area (Å²) in [5.41, 5.74) is 3.03. The molecule has 0 unspecified atom stereocenters. The highest BCUT2D eigenvalue weighted by molar-refractivity contribution is 6.00. The highest BCUT2D eigenvalue weighted by atomic mass is 16.5. The maximum Gasteiger partial charge on any atom is 0.272 e. The number of carbonyl (C=O) groups excluding carboxylic acids is 1. The van der Waals surface area contributed by atoms with E-state index in [1.54, 1.807) is 13.1 Å². The molecule has 0 aliphatic carbocycles. The number of aromatic amines is 1. The lowest BCUT2D eigenvalue weighted by atomic mass is 9.64. The minimum Gasteiger partial charge on any atom is -0.487 e. The Balaban J connectivity index is 1.23. The van der Waals surface area contributed by atoms with Crippen LogP contribution in [-0.2, 0) is 4.74 Å². The molecule has 1 N–H and O–H groups in total. The molecule has 33 heavy (non-hydrogen) atoms. The minimum atomic E-state index is -0.358. The van der Waals surface area contributed by atoms with Crippen LogP contribution in [0.1, 0.15) is 53.6 Å². The van der Waals surface area contributed by atoms with Gasteiger partial charge in [-0.25, -0.2) is 9.50 Å². The van der Waals surface area contributed by atoms with Crippen molar-refractivity contribution in [1.82, 2.24) is 19.5 Å². The van der Waals surface area contributed by atoms with Gasteiger partial charge in [0.2, 0.25) is 0 Å². The largest absolute Gasteiger partial charge is 0.487 e. The van der Waals surface area contributed by atoms with Crippen LogP contribution in [0.2, 0.25) is 0 Å². The van der Waals surface area contributed by atoms with E-state index in [-0.39, 0.29) is 34.5 Å². The molecule has 3 aromatic rings. The zero-order valence-corrected chi connectivity index (χ0v) is 19.3. The number of ether oxygens (including phenoxy) is 2. The van der Waals surface area contributed by atoms with E-state index in [1.165, 1.54) is 16.1 Å². The smallest absolute Gasteiger partial charge is 0.272 e. The van der Waals surface area contributed by atoms with E-state index in [0.29, 0.717) is 36.6 Å². The summed E-state index contributed by atoms with van der Waals surface area (Å²) in [5.74, 6) is 1.01. The zero-order valence-electron chi connectivity index (χ0n) is 19.3. The van der Waals surface area contributed by atoms with Crippen molar-refractivity contribution in [2.45, 2.75) is 45.8 Å². The fraction of sp³-hybridized carbons (Fsp3) is 0.480. The number of likely N-dealkylation sites (tertiary alicyclic amines) is 1. The second-order valence-corrected chi connectivity index (χ2v) is 10.5. The summed E-state index contributed by atoms with van der Waals surface area (Å²) >= 11 is 0. The van der Waals surface area contributed by atoms with Gasteiger partial charge in [0.1, 0.15) is 16.9 Å². The van der Waals surface area contributed by atoms with Gasteiger partial charge < -0.3 is 14.4 Å². The normalized spacial score (nSPS) is 24.7. The fourth-order valence-corrected chi connectivity index (χ4v) is 5.81. The number of benzene rings is 1. The molecule has 172 valence electrons. The number of fused-ring (bicyclic) bond motifs is 4. The van der Waals surface area contributed by atoms with E-state index in [1.807, 2.05) is 4.90 Å². The van der Waals surface area contributed by atoms with Gasteiger partial charge in [0, 0.05) is 47.9 Å². The molecular formula is C25H28N4O4. The summed E-state index contributed by atoms with van der Waals surface area (Å²) in [6.45, 7) is 9.96. The first-order valence-corrected chi connectivity index (χ1v) is 11.4. The third kappa shape index (κ3) is 3.04. The van der Waals surface area contributed by atoms with Crippen molar-refractivity contribution in [2.75, 3.05) is 19.7 Å². The maximum absolute atomic E-state index is 13.2. The summed E-state index contributed by atoms with van der Waals surface area (Å²) < 4.78 is 14.2. The standard InChI is InChI=1S/C25H28N4O4/c1-14-5-6-16-19(7-14)33-24(3,4)18-9-25(13-32-21(16)18)11-28(12-25)23(31)17-10-26-29-20(30)8-15(2)27-22(17)29/h5-8,10,18,21,26H,9,11-13H2,1-4H3/t18-,21+/m0/s1. The molecule has 1 spiro atoms. The molecule has 3 aliphatic rings. The second-order valence-electron chi connectivity index (χ2n) is 10.5. The molecule has 3 aliphatic heterocycles. The van der Waals surface area contributed by atoms with Crippen LogP contribution in [0.25, 0.3) is 5.65 Å². The molecule has 2 aromatic heterocycles. The van der Waals surface area contributed by atoms with Crippen molar-refractivity contribution in [3.05, 3.63) is 63.2 Å². The number of H-pyrrole nitrogens is 1. The van der Waals surface area contributed by atoms with Crippen LogP contribution in [0.5, 0.6) is 5.75 Å². The summed E-state index contributed by atoms with van der Waals surface area (Å²) in [5, 5.41) is 2.85. The summed E-state index contributed by atoms with van der Waals surface area (Å²) in [4.78, 5) is 31.6. The van der Waals surface area contributed by atoms with Crippen LogP contribution in [0.15, 0.2) is 35.3 Å². The molecule has 8 heteroatoms. The molecule has 0 saturated carbocycles. The third-order valence-corrected chi connectivity index (χ3v) is 7.52. The first kappa shape index (κ1) is 20.5. The zero-order chi connectivity index (χ0) is 23.1. The molecule has 8 nitrogen and oxygen atoms in total. The molecule has 0 radical (unpaired) electrons. The Bertz CT molecular complexity index is 1350. The molecule has 1 aromatic carbocycles. The van der Waals surface area contributed by atoms with Gasteiger partial charge in [-0.3, -0.25) is 14.7 Å². The number of carbonyl (C=O) groups is 1. The Morgan fingerprint density at radius 3 is 2.79 bits per heavy atom. The Kier molecular flexibility index (Phi) is 4.15. The number of hydrogen-bond donors (Lipinski definition) is 1. The summed E-state index contributed by atoms with van der Waals surface area (Å²) in [6, 6.07) is 7.77. The lowest BCUT2D eigenvalue weighted by molar-refractivity contribution is -0.191. The number of rotatable bonds is 1. The minimum absolute atomic E-state index is 0.00685. The second kappa shape index (κ2) is 6.70. The number of amides is 1. The number of hydrogen-bond acceptors (Lipinski definition) is 5. The molecule has 2 fully saturated rings. The lowest BCUT2D eigenvalue weighted by Crippen LogP contribution is -2.65. The van der Waals surface area contributed by atoms with Crippen LogP contribution >= 0.6 is 0 Å². The van der Waals surface area contributed by atoms with Gasteiger partial charge in [-0.05, 0) is 45.7 Å². The third-order valence-electron chi connectivity index (χ3n) is 7.52. The van der Waals surface area contributed by atoms with Crippen molar-refractivity contribution < 1.29 is 14.3 Å². The summed E-state index contributed by atoms with van der Waals surface area (Å²) in [7, 11) is 0. The topological polar surface area (TPSA) is 88.9 Å². The lowest BCUT2D eigenvalue weighted by Gasteiger charge is -2.58. The fourth-order valence-electron chi connectivity index (χ4n) is 5.81. The molecule has 1 amide bonds. The van der Waals surface area contributed by atoms with E-state index in [0.717, 1.165) is 17.7 Å². The quantitative estimate of drug-likeness (QED) is 0.618. The Hall–Kier alpha value is -3.13. The molecule has 5 heterocycles.